The molecule has 10 heteroatoms. The zero-order valence-electron chi connectivity index (χ0n) is 15.7. The molecule has 0 radical (unpaired) electrons. The Bertz CT molecular complexity index is 1010. The Morgan fingerprint density at radius 1 is 1.21 bits per heavy atom. The Kier molecular flexibility index (Phi) is 5.85. The van der Waals surface area contributed by atoms with Crippen LogP contribution >= 0.6 is 0 Å². The third-order valence-electron chi connectivity index (χ3n) is 4.74. The molecular formula is C19H21N3O7. The summed E-state index contributed by atoms with van der Waals surface area (Å²) in [6, 6.07) is 4.75. The van der Waals surface area contributed by atoms with Crippen molar-refractivity contribution in [2.45, 2.75) is 6.54 Å². The van der Waals surface area contributed by atoms with Crippen molar-refractivity contribution in [3.05, 3.63) is 45.2 Å². The largest absolute Gasteiger partial charge is 0.496 e. The van der Waals surface area contributed by atoms with Gasteiger partial charge in [0.1, 0.15) is 22.7 Å². The fourth-order valence-corrected chi connectivity index (χ4v) is 3.39. The van der Waals surface area contributed by atoms with Gasteiger partial charge in [0.25, 0.3) is 5.56 Å². The van der Waals surface area contributed by atoms with E-state index in [9.17, 15) is 24.6 Å². The maximum atomic E-state index is 12.2. The second-order valence-electron chi connectivity index (χ2n) is 6.52. The van der Waals surface area contributed by atoms with Crippen LogP contribution in [0.2, 0.25) is 0 Å². The van der Waals surface area contributed by atoms with E-state index in [2.05, 4.69) is 9.88 Å². The summed E-state index contributed by atoms with van der Waals surface area (Å²) in [5.41, 5.74) is 4.31. The summed E-state index contributed by atoms with van der Waals surface area (Å²) in [7, 11) is 1.51. The lowest BCUT2D eigenvalue weighted by atomic mass is 9.94. The van der Waals surface area contributed by atoms with Crippen molar-refractivity contribution in [3.63, 3.8) is 0 Å². The Balaban J connectivity index is 2.20. The second kappa shape index (κ2) is 8.33. The summed E-state index contributed by atoms with van der Waals surface area (Å²) >= 11 is 0. The van der Waals surface area contributed by atoms with Crippen LogP contribution in [0.25, 0.3) is 11.1 Å². The van der Waals surface area contributed by atoms with Crippen LogP contribution in [0.5, 0.6) is 5.75 Å². The first-order valence-corrected chi connectivity index (χ1v) is 8.83. The Labute approximate surface area is 165 Å². The summed E-state index contributed by atoms with van der Waals surface area (Å²) in [4.78, 5) is 40.0. The molecule has 0 saturated carbocycles. The number of nitrogens with one attached hydrogen (secondary N) is 1. The van der Waals surface area contributed by atoms with E-state index in [0.717, 1.165) is 5.56 Å². The van der Waals surface area contributed by atoms with E-state index in [4.69, 9.17) is 15.2 Å². The van der Waals surface area contributed by atoms with Crippen LogP contribution in [0, 0.1) is 0 Å². The minimum Gasteiger partial charge on any atom is -0.496 e. The zero-order chi connectivity index (χ0) is 21.1. The molecule has 0 spiro atoms. The first-order valence-electron chi connectivity index (χ1n) is 8.83. The van der Waals surface area contributed by atoms with Gasteiger partial charge in [-0.25, -0.2) is 9.59 Å². The van der Waals surface area contributed by atoms with Gasteiger partial charge in [-0.2, -0.15) is 0 Å². The third-order valence-corrected chi connectivity index (χ3v) is 4.74. The molecule has 5 N–H and O–H groups in total. The number of anilines is 1. The first kappa shape index (κ1) is 20.4. The van der Waals surface area contributed by atoms with E-state index in [1.165, 1.54) is 13.2 Å². The number of H-pyrrole nitrogens is 1. The molecule has 1 saturated heterocycles. The summed E-state index contributed by atoms with van der Waals surface area (Å²) < 4.78 is 10.7. The molecule has 29 heavy (non-hydrogen) atoms. The molecule has 3 rings (SSSR count). The normalized spacial score (nSPS) is 14.5. The molecule has 0 aliphatic carbocycles. The van der Waals surface area contributed by atoms with E-state index in [-0.39, 0.29) is 11.1 Å². The van der Waals surface area contributed by atoms with Crippen LogP contribution < -0.4 is 16.0 Å². The number of hydrogen-bond acceptors (Lipinski definition) is 7. The first-order chi connectivity index (χ1) is 13.8. The topological polar surface area (TPSA) is 155 Å². The lowest BCUT2D eigenvalue weighted by molar-refractivity contribution is 0.0339. The van der Waals surface area contributed by atoms with Crippen molar-refractivity contribution in [2.75, 3.05) is 39.1 Å². The predicted octanol–water partition coefficient (Wildman–Crippen LogP) is 0.861. The average Bonchev–Trinajstić information content (AvgIpc) is 2.67. The Hall–Kier alpha value is -3.37. The van der Waals surface area contributed by atoms with Gasteiger partial charge in [0, 0.05) is 30.8 Å². The van der Waals surface area contributed by atoms with Crippen LogP contribution in [-0.2, 0) is 11.3 Å². The highest BCUT2D eigenvalue weighted by atomic mass is 16.5. The number of aromatic nitrogens is 1. The molecule has 0 amide bonds. The molecule has 1 fully saturated rings. The molecule has 0 unspecified atom stereocenters. The Morgan fingerprint density at radius 2 is 1.86 bits per heavy atom. The predicted molar refractivity (Wildman–Crippen MR) is 103 cm³/mol. The number of benzene rings is 1. The van der Waals surface area contributed by atoms with Crippen LogP contribution in [0.1, 0.15) is 26.3 Å². The van der Waals surface area contributed by atoms with E-state index in [1.807, 2.05) is 0 Å². The van der Waals surface area contributed by atoms with Gasteiger partial charge >= 0.3 is 11.9 Å². The van der Waals surface area contributed by atoms with Gasteiger partial charge in [-0.1, -0.05) is 6.07 Å². The molecule has 10 nitrogen and oxygen atoms in total. The number of hydrogen-bond donors (Lipinski definition) is 4. The van der Waals surface area contributed by atoms with Crippen LogP contribution in [0.4, 0.5) is 5.82 Å². The van der Waals surface area contributed by atoms with Crippen LogP contribution in [0.15, 0.2) is 23.0 Å². The number of nitrogens with zero attached hydrogens (tertiary/aromatic N) is 1. The molecule has 0 atom stereocenters. The maximum absolute atomic E-state index is 12.2. The monoisotopic (exact) mass is 403 g/mol. The molecule has 1 aromatic heterocycles. The number of ether oxygens (including phenoxy) is 2. The summed E-state index contributed by atoms with van der Waals surface area (Å²) in [6.45, 7) is 3.11. The van der Waals surface area contributed by atoms with Crippen molar-refractivity contribution < 1.29 is 29.3 Å². The standard InChI is InChI=1S/C19H21N3O7/c1-28-12-3-2-10(8-11(12)9-22-4-6-29-7-5-22)13-14(18(24)25)16(20)21-17(23)15(13)19(26)27/h2-3,8H,4-7,9H2,1H3,(H,24,25)(H,26,27)(H3,20,21,23). The lowest BCUT2D eigenvalue weighted by Gasteiger charge is -2.27. The number of carboxylic acids is 2. The minimum absolute atomic E-state index is 0.239. The maximum Gasteiger partial charge on any atom is 0.342 e. The van der Waals surface area contributed by atoms with Crippen molar-refractivity contribution in [1.29, 1.82) is 0 Å². The van der Waals surface area contributed by atoms with Gasteiger partial charge in [-0.05, 0) is 17.7 Å². The number of nitrogens with two attached hydrogens (primary N) is 1. The number of methoxy groups -OCH3 is 1. The quantitative estimate of drug-likeness (QED) is 0.549. The number of pyridine rings is 1. The highest BCUT2D eigenvalue weighted by Gasteiger charge is 2.27. The van der Waals surface area contributed by atoms with Crippen molar-refractivity contribution >= 4 is 17.8 Å². The average molecular weight is 403 g/mol. The smallest absolute Gasteiger partial charge is 0.342 e. The van der Waals surface area contributed by atoms with E-state index >= 15 is 0 Å². The molecule has 0 bridgehead atoms. The van der Waals surface area contributed by atoms with Gasteiger partial charge in [-0.3, -0.25) is 9.69 Å². The minimum atomic E-state index is -1.55. The van der Waals surface area contributed by atoms with Gasteiger partial charge in [-0.15, -0.1) is 0 Å². The van der Waals surface area contributed by atoms with Gasteiger partial charge in [0.15, 0.2) is 0 Å². The van der Waals surface area contributed by atoms with Crippen LogP contribution in [0.3, 0.4) is 0 Å². The summed E-state index contributed by atoms with van der Waals surface area (Å²) in [5, 5.41) is 19.1. The third kappa shape index (κ3) is 4.08. The zero-order valence-corrected chi connectivity index (χ0v) is 15.7. The highest BCUT2D eigenvalue weighted by Crippen LogP contribution is 2.33. The summed E-state index contributed by atoms with van der Waals surface area (Å²) in [5.74, 6) is -2.84. The number of carbonyl (C=O) groups is 2. The van der Waals surface area contributed by atoms with E-state index in [0.29, 0.717) is 38.6 Å². The molecule has 1 aromatic carbocycles. The number of rotatable bonds is 6. The molecular weight excluding hydrogens is 382 g/mol. The number of carboxylic acid groups (broad SMARTS) is 2. The number of morpholine rings is 1. The van der Waals surface area contributed by atoms with E-state index < -0.39 is 34.4 Å². The molecule has 2 heterocycles. The second-order valence-corrected chi connectivity index (χ2v) is 6.52. The fraction of sp³-hybridized carbons (Fsp3) is 0.316. The van der Waals surface area contributed by atoms with Crippen molar-refractivity contribution in [2.24, 2.45) is 0 Å². The van der Waals surface area contributed by atoms with Gasteiger partial charge in [0.05, 0.1) is 20.3 Å². The Morgan fingerprint density at radius 3 is 2.45 bits per heavy atom. The highest BCUT2D eigenvalue weighted by molar-refractivity contribution is 6.07. The molecule has 1 aliphatic rings. The molecule has 154 valence electrons. The number of aromatic amines is 1. The van der Waals surface area contributed by atoms with Crippen molar-refractivity contribution in [1.82, 2.24) is 9.88 Å². The molecule has 2 aromatic rings. The van der Waals surface area contributed by atoms with Gasteiger partial charge in [0.2, 0.25) is 0 Å². The lowest BCUT2D eigenvalue weighted by Crippen LogP contribution is -2.35. The number of nitrogen functional groups attached to an aromatic ring is 1. The van der Waals surface area contributed by atoms with E-state index in [1.54, 1.807) is 12.1 Å². The van der Waals surface area contributed by atoms with Crippen LogP contribution in [-0.4, -0.2) is 65.4 Å². The van der Waals surface area contributed by atoms with Gasteiger partial charge < -0.3 is 30.4 Å². The van der Waals surface area contributed by atoms with Crippen molar-refractivity contribution in [3.8, 4) is 16.9 Å². The SMILES string of the molecule is COc1ccc(-c2c(C(=O)O)c(N)[nH]c(=O)c2C(=O)O)cc1CN1CCOCC1. The fourth-order valence-electron chi connectivity index (χ4n) is 3.39. The summed E-state index contributed by atoms with van der Waals surface area (Å²) in [6.07, 6.45) is 0. The number of aromatic carboxylic acids is 2. The molecule has 1 aliphatic heterocycles.